The zero-order chi connectivity index (χ0) is 17.3. The number of hydrogen-bond acceptors (Lipinski definition) is 8. The van der Waals surface area contributed by atoms with Gasteiger partial charge in [-0.1, -0.05) is 18.2 Å². The highest BCUT2D eigenvalue weighted by molar-refractivity contribution is 5.52. The summed E-state index contributed by atoms with van der Waals surface area (Å²) < 4.78 is 10.7. The lowest BCUT2D eigenvalue weighted by molar-refractivity contribution is 0.332. The van der Waals surface area contributed by atoms with Gasteiger partial charge in [0, 0.05) is 6.20 Å². The average Bonchev–Trinajstić information content (AvgIpc) is 2.67. The van der Waals surface area contributed by atoms with Gasteiger partial charge in [-0.3, -0.25) is 4.98 Å². The summed E-state index contributed by atoms with van der Waals surface area (Å²) in [6, 6.07) is 13.5. The summed E-state index contributed by atoms with van der Waals surface area (Å²) in [7, 11) is 1.51. The van der Waals surface area contributed by atoms with Crippen molar-refractivity contribution in [1.82, 2.24) is 19.9 Å². The van der Waals surface area contributed by atoms with Gasteiger partial charge >= 0.3 is 6.01 Å². The highest BCUT2D eigenvalue weighted by atomic mass is 16.5. The second-order valence-corrected chi connectivity index (χ2v) is 4.92. The summed E-state index contributed by atoms with van der Waals surface area (Å²) in [6.07, 6.45) is 3.37. The Bertz CT molecular complexity index is 786. The molecule has 0 saturated carbocycles. The van der Waals surface area contributed by atoms with Crippen LogP contribution in [0.1, 0.15) is 0 Å². The molecule has 3 aromatic rings. The molecule has 0 saturated heterocycles. The van der Waals surface area contributed by atoms with Gasteiger partial charge in [0.15, 0.2) is 0 Å². The van der Waals surface area contributed by atoms with E-state index in [1.807, 2.05) is 42.5 Å². The van der Waals surface area contributed by atoms with Gasteiger partial charge in [0.2, 0.25) is 11.9 Å². The molecule has 2 aromatic heterocycles. The number of ether oxygens (including phenoxy) is 2. The molecule has 0 bridgehead atoms. The van der Waals surface area contributed by atoms with Crippen LogP contribution >= 0.6 is 0 Å². The molecule has 0 amide bonds. The molecule has 128 valence electrons. The van der Waals surface area contributed by atoms with Crippen molar-refractivity contribution in [2.75, 3.05) is 30.9 Å². The Morgan fingerprint density at radius 1 is 0.960 bits per heavy atom. The minimum Gasteiger partial charge on any atom is -0.492 e. The monoisotopic (exact) mass is 338 g/mol. The predicted octanol–water partition coefficient (Wildman–Crippen LogP) is 2.51. The zero-order valence-corrected chi connectivity index (χ0v) is 13.7. The van der Waals surface area contributed by atoms with Crippen LogP contribution in [0.15, 0.2) is 54.9 Å². The Kier molecular flexibility index (Phi) is 5.55. The SMILES string of the molecule is COc1nc(NCCOc2ccccc2)nc(Nc2cccnc2)n1. The van der Waals surface area contributed by atoms with Crippen LogP contribution in [-0.2, 0) is 0 Å². The topological polar surface area (TPSA) is 94.1 Å². The maximum atomic E-state index is 5.62. The molecule has 0 unspecified atom stereocenters. The number of nitrogens with zero attached hydrogens (tertiary/aromatic N) is 4. The van der Waals surface area contributed by atoms with Crippen molar-refractivity contribution in [3.63, 3.8) is 0 Å². The van der Waals surface area contributed by atoms with Crippen LogP contribution in [0.3, 0.4) is 0 Å². The van der Waals surface area contributed by atoms with Gasteiger partial charge in [0.25, 0.3) is 0 Å². The van der Waals surface area contributed by atoms with Gasteiger partial charge in [-0.05, 0) is 24.3 Å². The number of aromatic nitrogens is 4. The van der Waals surface area contributed by atoms with E-state index >= 15 is 0 Å². The van der Waals surface area contributed by atoms with E-state index in [9.17, 15) is 0 Å². The van der Waals surface area contributed by atoms with Crippen LogP contribution in [0.5, 0.6) is 11.8 Å². The molecule has 0 aliphatic rings. The van der Waals surface area contributed by atoms with E-state index < -0.39 is 0 Å². The van der Waals surface area contributed by atoms with Crippen LogP contribution < -0.4 is 20.1 Å². The summed E-state index contributed by atoms with van der Waals surface area (Å²) in [5.74, 6) is 1.58. The summed E-state index contributed by atoms with van der Waals surface area (Å²) in [6.45, 7) is 1.01. The van der Waals surface area contributed by atoms with E-state index in [1.54, 1.807) is 12.4 Å². The van der Waals surface area contributed by atoms with Gasteiger partial charge in [0.1, 0.15) is 12.4 Å². The Hall–Kier alpha value is -3.42. The molecule has 8 nitrogen and oxygen atoms in total. The molecular weight excluding hydrogens is 320 g/mol. The molecule has 2 N–H and O–H groups in total. The highest BCUT2D eigenvalue weighted by Crippen LogP contribution is 2.15. The first-order valence-corrected chi connectivity index (χ1v) is 7.72. The summed E-state index contributed by atoms with van der Waals surface area (Å²) in [4.78, 5) is 16.7. The standard InChI is InChI=1S/C17H18N6O2/c1-24-17-22-15(19-10-11-25-14-7-3-2-4-8-14)21-16(23-17)20-13-6-5-9-18-12-13/h2-9,12H,10-11H2,1H3,(H2,19,20,21,22,23). The number of nitrogens with one attached hydrogen (secondary N) is 2. The molecule has 0 fully saturated rings. The number of methoxy groups -OCH3 is 1. The minimum atomic E-state index is 0.216. The van der Waals surface area contributed by atoms with Crippen LogP contribution in [0.4, 0.5) is 17.6 Å². The second kappa shape index (κ2) is 8.44. The van der Waals surface area contributed by atoms with Gasteiger partial charge in [0.05, 0.1) is 25.5 Å². The first-order chi connectivity index (χ1) is 12.3. The van der Waals surface area contributed by atoms with E-state index in [0.717, 1.165) is 11.4 Å². The second-order valence-electron chi connectivity index (χ2n) is 4.92. The molecule has 0 atom stereocenters. The van der Waals surface area contributed by atoms with Gasteiger partial charge < -0.3 is 20.1 Å². The Labute approximate surface area is 145 Å². The molecule has 3 rings (SSSR count). The average molecular weight is 338 g/mol. The largest absolute Gasteiger partial charge is 0.492 e. The number of rotatable bonds is 8. The predicted molar refractivity (Wildman–Crippen MR) is 94.3 cm³/mol. The Morgan fingerprint density at radius 2 is 1.80 bits per heavy atom. The van der Waals surface area contributed by atoms with Gasteiger partial charge in [-0.25, -0.2) is 0 Å². The number of para-hydroxylation sites is 1. The van der Waals surface area contributed by atoms with Crippen LogP contribution in [-0.4, -0.2) is 40.2 Å². The molecule has 0 aliphatic heterocycles. The van der Waals surface area contributed by atoms with Crippen molar-refractivity contribution in [1.29, 1.82) is 0 Å². The molecular formula is C17H18N6O2. The molecule has 0 spiro atoms. The van der Waals surface area contributed by atoms with Crippen LogP contribution in [0.25, 0.3) is 0 Å². The van der Waals surface area contributed by atoms with Crippen molar-refractivity contribution in [3.8, 4) is 11.8 Å². The fourth-order valence-corrected chi connectivity index (χ4v) is 2.00. The van der Waals surface area contributed by atoms with Crippen molar-refractivity contribution < 1.29 is 9.47 Å². The van der Waals surface area contributed by atoms with E-state index in [0.29, 0.717) is 25.0 Å². The van der Waals surface area contributed by atoms with Crippen molar-refractivity contribution >= 4 is 17.6 Å². The minimum absolute atomic E-state index is 0.216. The Balaban J connectivity index is 1.59. The fourth-order valence-electron chi connectivity index (χ4n) is 2.00. The maximum absolute atomic E-state index is 5.62. The van der Waals surface area contributed by atoms with Gasteiger partial charge in [-0.15, -0.1) is 0 Å². The van der Waals surface area contributed by atoms with Crippen LogP contribution in [0, 0.1) is 0 Å². The molecule has 0 radical (unpaired) electrons. The lowest BCUT2D eigenvalue weighted by Crippen LogP contribution is -2.14. The maximum Gasteiger partial charge on any atom is 0.322 e. The van der Waals surface area contributed by atoms with Crippen molar-refractivity contribution in [2.45, 2.75) is 0 Å². The summed E-state index contributed by atoms with van der Waals surface area (Å²) in [5.41, 5.74) is 0.772. The third-order valence-corrected chi connectivity index (χ3v) is 3.11. The first kappa shape index (κ1) is 16.4. The number of hydrogen-bond donors (Lipinski definition) is 2. The number of pyridine rings is 1. The highest BCUT2D eigenvalue weighted by Gasteiger charge is 2.07. The third kappa shape index (κ3) is 5.03. The van der Waals surface area contributed by atoms with Crippen LogP contribution in [0.2, 0.25) is 0 Å². The summed E-state index contributed by atoms with van der Waals surface area (Å²) >= 11 is 0. The van der Waals surface area contributed by atoms with E-state index in [4.69, 9.17) is 9.47 Å². The zero-order valence-electron chi connectivity index (χ0n) is 13.7. The van der Waals surface area contributed by atoms with Crippen molar-refractivity contribution in [2.24, 2.45) is 0 Å². The molecule has 25 heavy (non-hydrogen) atoms. The van der Waals surface area contributed by atoms with E-state index in [-0.39, 0.29) is 6.01 Å². The van der Waals surface area contributed by atoms with E-state index in [2.05, 4.69) is 30.6 Å². The first-order valence-electron chi connectivity index (χ1n) is 7.72. The normalized spacial score (nSPS) is 10.1. The quantitative estimate of drug-likeness (QED) is 0.605. The smallest absolute Gasteiger partial charge is 0.322 e. The summed E-state index contributed by atoms with van der Waals surface area (Å²) in [5, 5.41) is 6.15. The van der Waals surface area contributed by atoms with Gasteiger partial charge in [-0.2, -0.15) is 15.0 Å². The molecule has 1 aromatic carbocycles. The number of benzene rings is 1. The lowest BCUT2D eigenvalue weighted by Gasteiger charge is -2.10. The van der Waals surface area contributed by atoms with Crippen molar-refractivity contribution in [3.05, 3.63) is 54.9 Å². The fraction of sp³-hybridized carbons (Fsp3) is 0.176. The molecule has 8 heteroatoms. The molecule has 2 heterocycles. The Morgan fingerprint density at radius 3 is 2.56 bits per heavy atom. The third-order valence-electron chi connectivity index (χ3n) is 3.11. The van der Waals surface area contributed by atoms with E-state index in [1.165, 1.54) is 7.11 Å². The molecule has 0 aliphatic carbocycles. The lowest BCUT2D eigenvalue weighted by atomic mass is 10.3. The number of anilines is 3.